The lowest BCUT2D eigenvalue weighted by molar-refractivity contribution is -0.330. The molecule has 0 aliphatic carbocycles. The molecule has 135 valence electrons. The molecule has 0 amide bonds. The van der Waals surface area contributed by atoms with E-state index in [1.807, 2.05) is 0 Å². The number of rotatable bonds is 4. The summed E-state index contributed by atoms with van der Waals surface area (Å²) in [6.45, 7) is 0. The molecule has 2 aromatic rings. The minimum atomic E-state index is -6.40. The van der Waals surface area contributed by atoms with Crippen molar-refractivity contribution < 1.29 is 30.7 Å². The zero-order valence-electron chi connectivity index (χ0n) is 11.6. The van der Waals surface area contributed by atoms with E-state index in [0.717, 1.165) is 6.07 Å². The minimum absolute atomic E-state index is 0.0774. The Kier molecular flexibility index (Phi) is 5.80. The van der Waals surface area contributed by atoms with E-state index in [1.165, 1.54) is 24.4 Å². The van der Waals surface area contributed by atoms with E-state index in [-0.39, 0.29) is 20.2 Å². The van der Waals surface area contributed by atoms with E-state index in [2.05, 4.69) is 42.9 Å². The average Bonchev–Trinajstić information content (AvgIpc) is 2.45. The molecular weight excluding hydrogens is 507 g/mol. The van der Waals surface area contributed by atoms with Gasteiger partial charge >= 0.3 is 17.4 Å². The largest absolute Gasteiger partial charge is 0.460 e. The van der Waals surface area contributed by atoms with Crippen LogP contribution in [0.2, 0.25) is 0 Å². The second kappa shape index (κ2) is 7.07. The number of benzene rings is 1. The van der Waals surface area contributed by atoms with Gasteiger partial charge < -0.3 is 0 Å². The molecule has 2 rings (SSSR count). The van der Waals surface area contributed by atoms with Gasteiger partial charge in [-0.25, -0.2) is 0 Å². The van der Waals surface area contributed by atoms with Crippen molar-refractivity contribution in [1.82, 2.24) is 4.98 Å². The van der Waals surface area contributed by atoms with Crippen LogP contribution in [0.15, 0.2) is 44.3 Å². The molecule has 1 aromatic carbocycles. The summed E-state index contributed by atoms with van der Waals surface area (Å²) in [6, 6.07) is 8.06. The molecule has 0 atom stereocenters. The van der Waals surface area contributed by atoms with Gasteiger partial charge in [0.15, 0.2) is 0 Å². The van der Waals surface area contributed by atoms with Crippen molar-refractivity contribution in [3.63, 3.8) is 0 Å². The highest BCUT2D eigenvalue weighted by Gasteiger charge is 2.73. The first-order valence-electron chi connectivity index (χ1n) is 6.21. The van der Waals surface area contributed by atoms with E-state index < -0.39 is 34.0 Å². The Balaban J connectivity index is 2.57. The fourth-order valence-electron chi connectivity index (χ4n) is 1.70. The van der Waals surface area contributed by atoms with E-state index in [1.54, 1.807) is 0 Å². The SMILES string of the molecule is FC(F)(F)C(F)(F)C(F)(F)Sc1cc(Br)[c]c(Br)c1-c1ccccn1. The molecule has 0 saturated heterocycles. The minimum Gasteiger partial charge on any atom is -0.256 e. The van der Waals surface area contributed by atoms with Crippen molar-refractivity contribution in [2.45, 2.75) is 22.2 Å². The number of nitrogens with zero attached hydrogens (tertiary/aromatic N) is 1. The van der Waals surface area contributed by atoms with Gasteiger partial charge in [-0.05, 0) is 45.9 Å². The van der Waals surface area contributed by atoms with Crippen LogP contribution in [0.1, 0.15) is 0 Å². The molecule has 1 heterocycles. The molecule has 0 aliphatic heterocycles. The first-order valence-corrected chi connectivity index (χ1v) is 8.61. The van der Waals surface area contributed by atoms with Gasteiger partial charge in [0.05, 0.1) is 5.69 Å². The van der Waals surface area contributed by atoms with Gasteiger partial charge in [-0.3, -0.25) is 4.98 Å². The molecule has 0 spiro atoms. The number of hydrogen-bond donors (Lipinski definition) is 0. The van der Waals surface area contributed by atoms with Crippen LogP contribution >= 0.6 is 43.6 Å². The van der Waals surface area contributed by atoms with Crippen LogP contribution in [0.5, 0.6) is 0 Å². The lowest BCUT2D eigenvalue weighted by atomic mass is 10.1. The quantitative estimate of drug-likeness (QED) is 0.325. The second-order valence-corrected chi connectivity index (χ2v) is 7.38. The van der Waals surface area contributed by atoms with E-state index >= 15 is 0 Å². The summed E-state index contributed by atoms with van der Waals surface area (Å²) in [6.07, 6.45) is -5.08. The molecule has 11 heteroatoms. The topological polar surface area (TPSA) is 12.9 Å². The van der Waals surface area contributed by atoms with E-state index in [9.17, 15) is 30.7 Å². The van der Waals surface area contributed by atoms with Gasteiger partial charge in [0.2, 0.25) is 0 Å². The van der Waals surface area contributed by atoms with Crippen molar-refractivity contribution in [3.8, 4) is 11.3 Å². The maximum atomic E-state index is 13.8. The van der Waals surface area contributed by atoms with Crippen LogP contribution in [0, 0.1) is 6.07 Å². The van der Waals surface area contributed by atoms with Crippen LogP contribution < -0.4 is 0 Å². The second-order valence-electron chi connectivity index (χ2n) is 4.58. The maximum Gasteiger partial charge on any atom is 0.460 e. The predicted octanol–water partition coefficient (Wildman–Crippen LogP) is 6.96. The maximum absolute atomic E-state index is 13.8. The smallest absolute Gasteiger partial charge is 0.256 e. The molecule has 0 N–H and O–H groups in total. The zero-order chi connectivity index (χ0) is 19.0. The highest BCUT2D eigenvalue weighted by Crippen LogP contribution is 2.55. The number of halogens is 9. The molecule has 0 fully saturated rings. The Hall–Kier alpha value is -0.810. The number of thioether (sulfide) groups is 1. The average molecular weight is 512 g/mol. The summed E-state index contributed by atoms with van der Waals surface area (Å²) >= 11 is 5.09. The van der Waals surface area contributed by atoms with Crippen LogP contribution in [-0.2, 0) is 0 Å². The van der Waals surface area contributed by atoms with Crippen LogP contribution in [0.4, 0.5) is 30.7 Å². The summed E-state index contributed by atoms with van der Waals surface area (Å²) in [5.41, 5.74) is 0.0261. The molecule has 0 saturated carbocycles. The highest BCUT2D eigenvalue weighted by molar-refractivity contribution is 9.11. The lowest BCUT2D eigenvalue weighted by Crippen LogP contribution is -2.49. The molecule has 0 aliphatic rings. The van der Waals surface area contributed by atoms with Gasteiger partial charge in [-0.1, -0.05) is 22.0 Å². The summed E-state index contributed by atoms with van der Waals surface area (Å²) in [5.74, 6) is -6.22. The molecule has 1 nitrogen and oxygen atoms in total. The number of aromatic nitrogens is 1. The normalized spacial score (nSPS) is 13.2. The van der Waals surface area contributed by atoms with Crippen LogP contribution in [0.25, 0.3) is 11.3 Å². The van der Waals surface area contributed by atoms with Crippen molar-refractivity contribution in [3.05, 3.63) is 45.5 Å². The van der Waals surface area contributed by atoms with Crippen molar-refractivity contribution in [1.29, 1.82) is 0 Å². The molecule has 0 unspecified atom stereocenters. The standard InChI is InChI=1S/C14H5Br2F7NS/c15-7-5-8(16)11(9-3-1-2-4-24-9)10(6-7)25-14(22,23)12(17,18)13(19,20)21/h1-4,6H. The summed E-state index contributed by atoms with van der Waals surface area (Å²) in [4.78, 5) is 3.38. The Morgan fingerprint density at radius 1 is 1.00 bits per heavy atom. The molecular formula is C14H5Br2F7NS. The van der Waals surface area contributed by atoms with E-state index in [4.69, 9.17) is 0 Å². The first kappa shape index (κ1) is 20.5. The van der Waals surface area contributed by atoms with Crippen molar-refractivity contribution >= 4 is 43.6 Å². The lowest BCUT2D eigenvalue weighted by Gasteiger charge is -2.28. The van der Waals surface area contributed by atoms with Crippen LogP contribution in [0.3, 0.4) is 0 Å². The van der Waals surface area contributed by atoms with Gasteiger partial charge in [0.25, 0.3) is 0 Å². The number of pyridine rings is 1. The third kappa shape index (κ3) is 4.13. The Bertz CT molecular complexity index is 766. The third-order valence-electron chi connectivity index (χ3n) is 2.83. The monoisotopic (exact) mass is 510 g/mol. The third-order valence-corrected chi connectivity index (χ3v) is 4.91. The summed E-state index contributed by atoms with van der Waals surface area (Å²) < 4.78 is 91.1. The molecule has 1 radical (unpaired) electrons. The van der Waals surface area contributed by atoms with Crippen molar-refractivity contribution in [2.24, 2.45) is 0 Å². The molecule has 25 heavy (non-hydrogen) atoms. The zero-order valence-corrected chi connectivity index (χ0v) is 15.6. The first-order chi connectivity index (χ1) is 11.4. The fourth-order valence-corrected chi connectivity index (χ4v) is 4.31. The van der Waals surface area contributed by atoms with Gasteiger partial charge in [0.1, 0.15) is 0 Å². The fraction of sp³-hybridized carbons (Fsp3) is 0.214. The Labute approximate surface area is 158 Å². The van der Waals surface area contributed by atoms with Gasteiger partial charge in [0, 0.05) is 31.7 Å². The number of alkyl halides is 7. The van der Waals surface area contributed by atoms with Gasteiger partial charge in [-0.2, -0.15) is 30.7 Å². The van der Waals surface area contributed by atoms with Gasteiger partial charge in [-0.15, -0.1) is 0 Å². The van der Waals surface area contributed by atoms with E-state index in [0.29, 0.717) is 0 Å². The Morgan fingerprint density at radius 2 is 1.64 bits per heavy atom. The Morgan fingerprint density at radius 3 is 2.16 bits per heavy atom. The number of hydrogen-bond acceptors (Lipinski definition) is 2. The van der Waals surface area contributed by atoms with Crippen LogP contribution in [-0.4, -0.2) is 22.3 Å². The predicted molar refractivity (Wildman–Crippen MR) is 85.7 cm³/mol. The highest BCUT2D eigenvalue weighted by atomic mass is 79.9. The molecule has 0 bridgehead atoms. The summed E-state index contributed by atoms with van der Waals surface area (Å²) in [5, 5.41) is -5.44. The molecule has 1 aromatic heterocycles. The van der Waals surface area contributed by atoms with Crippen molar-refractivity contribution in [2.75, 3.05) is 0 Å². The summed E-state index contributed by atoms with van der Waals surface area (Å²) in [7, 11) is 0.